The van der Waals surface area contributed by atoms with Gasteiger partial charge in [-0.2, -0.15) is 5.10 Å². The SMILES string of the molecule is O=C(Nc1cc(Oc2cccnc2)cc([N+](=O)[O-])c1)c1ccn(Cn2nnc(-c3ccccc3)n2)n1. The second-order valence-corrected chi connectivity index (χ2v) is 7.45. The second-order valence-electron chi connectivity index (χ2n) is 7.45. The first-order chi connectivity index (χ1) is 17.5. The van der Waals surface area contributed by atoms with Gasteiger partial charge in [-0.05, 0) is 23.4 Å². The molecule has 13 nitrogen and oxygen atoms in total. The molecule has 0 spiro atoms. The predicted octanol–water partition coefficient (Wildman–Crippen LogP) is 3.39. The van der Waals surface area contributed by atoms with Crippen molar-refractivity contribution < 1.29 is 14.5 Å². The Morgan fingerprint density at radius 3 is 2.67 bits per heavy atom. The number of hydrogen-bond donors (Lipinski definition) is 1. The number of aromatic nitrogens is 7. The van der Waals surface area contributed by atoms with E-state index in [1.54, 1.807) is 24.5 Å². The van der Waals surface area contributed by atoms with E-state index in [9.17, 15) is 14.9 Å². The lowest BCUT2D eigenvalue weighted by Gasteiger charge is -2.08. The molecule has 36 heavy (non-hydrogen) atoms. The van der Waals surface area contributed by atoms with Gasteiger partial charge in [0.1, 0.15) is 11.5 Å². The number of pyridine rings is 1. The maximum atomic E-state index is 12.8. The first kappa shape index (κ1) is 22.3. The van der Waals surface area contributed by atoms with Crippen LogP contribution in [0, 0.1) is 10.1 Å². The topological polar surface area (TPSA) is 156 Å². The Kier molecular flexibility index (Phi) is 6.08. The molecule has 0 aliphatic heterocycles. The number of benzene rings is 2. The molecule has 0 saturated carbocycles. The zero-order chi connectivity index (χ0) is 24.9. The number of ether oxygens (including phenoxy) is 1. The molecule has 2 aromatic carbocycles. The fourth-order valence-corrected chi connectivity index (χ4v) is 3.26. The number of nitro groups is 1. The van der Waals surface area contributed by atoms with Gasteiger partial charge in [0.05, 0.1) is 22.9 Å². The summed E-state index contributed by atoms with van der Waals surface area (Å²) >= 11 is 0. The van der Waals surface area contributed by atoms with Crippen LogP contribution in [0.1, 0.15) is 10.5 Å². The molecule has 5 aromatic rings. The molecule has 13 heteroatoms. The Morgan fingerprint density at radius 2 is 1.89 bits per heavy atom. The fourth-order valence-electron chi connectivity index (χ4n) is 3.26. The number of nitro benzene ring substituents is 1. The Balaban J connectivity index is 1.29. The zero-order valence-corrected chi connectivity index (χ0v) is 18.5. The van der Waals surface area contributed by atoms with Gasteiger partial charge in [-0.1, -0.05) is 30.3 Å². The third kappa shape index (κ3) is 5.20. The van der Waals surface area contributed by atoms with E-state index in [1.807, 2.05) is 30.3 Å². The van der Waals surface area contributed by atoms with Crippen LogP contribution in [-0.4, -0.2) is 45.8 Å². The molecule has 1 amide bonds. The maximum Gasteiger partial charge on any atom is 0.276 e. The van der Waals surface area contributed by atoms with Gasteiger partial charge in [0.15, 0.2) is 12.4 Å². The molecule has 3 aromatic heterocycles. The third-order valence-electron chi connectivity index (χ3n) is 4.86. The van der Waals surface area contributed by atoms with E-state index in [0.717, 1.165) is 5.56 Å². The van der Waals surface area contributed by atoms with Crippen LogP contribution in [0.2, 0.25) is 0 Å². The Labute approximate surface area is 203 Å². The van der Waals surface area contributed by atoms with Gasteiger partial charge in [0, 0.05) is 30.1 Å². The minimum Gasteiger partial charge on any atom is -0.455 e. The summed E-state index contributed by atoms with van der Waals surface area (Å²) in [4.78, 5) is 28.9. The lowest BCUT2D eigenvalue weighted by molar-refractivity contribution is -0.384. The molecule has 0 radical (unpaired) electrons. The lowest BCUT2D eigenvalue weighted by Crippen LogP contribution is -2.16. The summed E-state index contributed by atoms with van der Waals surface area (Å²) in [5, 5.41) is 30.6. The molecule has 1 N–H and O–H groups in total. The summed E-state index contributed by atoms with van der Waals surface area (Å²) in [6, 6.07) is 18.2. The van der Waals surface area contributed by atoms with E-state index in [2.05, 4.69) is 30.8 Å². The van der Waals surface area contributed by atoms with Crippen molar-refractivity contribution in [2.24, 2.45) is 0 Å². The number of non-ortho nitro benzene ring substituents is 1. The van der Waals surface area contributed by atoms with Gasteiger partial charge in [0.25, 0.3) is 11.6 Å². The van der Waals surface area contributed by atoms with Gasteiger partial charge in [-0.25, -0.2) is 4.68 Å². The molecule has 0 fully saturated rings. The van der Waals surface area contributed by atoms with Crippen LogP contribution in [0.5, 0.6) is 11.5 Å². The number of anilines is 1. The number of nitrogens with one attached hydrogen (secondary N) is 1. The van der Waals surface area contributed by atoms with Crippen LogP contribution in [0.15, 0.2) is 85.3 Å². The van der Waals surface area contributed by atoms with Crippen molar-refractivity contribution in [3.63, 3.8) is 0 Å². The third-order valence-corrected chi connectivity index (χ3v) is 4.86. The number of amides is 1. The van der Waals surface area contributed by atoms with Crippen molar-refractivity contribution in [2.45, 2.75) is 6.67 Å². The Hall–Kier alpha value is -5.46. The molecule has 0 unspecified atom stereocenters. The van der Waals surface area contributed by atoms with Crippen LogP contribution in [-0.2, 0) is 6.67 Å². The summed E-state index contributed by atoms with van der Waals surface area (Å²) in [5.74, 6) is 0.476. The van der Waals surface area contributed by atoms with Crippen LogP contribution in [0.25, 0.3) is 11.4 Å². The lowest BCUT2D eigenvalue weighted by atomic mass is 10.2. The minimum absolute atomic E-state index is 0.0969. The first-order valence-electron chi connectivity index (χ1n) is 10.6. The first-order valence-corrected chi connectivity index (χ1v) is 10.6. The van der Waals surface area contributed by atoms with Crippen LogP contribution < -0.4 is 10.1 Å². The summed E-state index contributed by atoms with van der Waals surface area (Å²) < 4.78 is 7.11. The Bertz CT molecular complexity index is 1520. The van der Waals surface area contributed by atoms with E-state index in [0.29, 0.717) is 11.6 Å². The van der Waals surface area contributed by atoms with Crippen LogP contribution in [0.4, 0.5) is 11.4 Å². The standard InChI is InChI=1S/C23H17N9O4/c33-23(25-17-11-18(32(34)35)13-20(12-17)36-19-7-4-9-24-14-19)21-8-10-30(27-21)15-31-28-22(26-29-31)16-5-2-1-3-6-16/h1-14H,15H2,(H,25,33). The van der Waals surface area contributed by atoms with Crippen molar-refractivity contribution in [3.05, 3.63) is 101 Å². The van der Waals surface area contributed by atoms with Gasteiger partial charge < -0.3 is 10.1 Å². The number of hydrogen-bond acceptors (Lipinski definition) is 9. The quantitative estimate of drug-likeness (QED) is 0.258. The summed E-state index contributed by atoms with van der Waals surface area (Å²) in [7, 11) is 0. The zero-order valence-electron chi connectivity index (χ0n) is 18.5. The fraction of sp³-hybridized carbons (Fsp3) is 0.0435. The molecule has 0 aliphatic rings. The van der Waals surface area contributed by atoms with Crippen LogP contribution in [0.3, 0.4) is 0 Å². The molecule has 0 saturated heterocycles. The van der Waals surface area contributed by atoms with E-state index in [1.165, 1.54) is 39.9 Å². The summed E-state index contributed by atoms with van der Waals surface area (Å²) in [6.07, 6.45) is 4.63. The minimum atomic E-state index is -0.574. The normalized spacial score (nSPS) is 10.7. The second kappa shape index (κ2) is 9.80. The average Bonchev–Trinajstić information content (AvgIpc) is 3.55. The maximum absolute atomic E-state index is 12.8. The van der Waals surface area contributed by atoms with E-state index < -0.39 is 10.8 Å². The van der Waals surface area contributed by atoms with Gasteiger partial charge in [-0.3, -0.25) is 19.9 Å². The molecule has 0 aliphatic carbocycles. The van der Waals surface area contributed by atoms with Crippen LogP contribution >= 0.6 is 0 Å². The van der Waals surface area contributed by atoms with Crippen molar-refractivity contribution in [1.29, 1.82) is 0 Å². The van der Waals surface area contributed by atoms with E-state index in [-0.39, 0.29) is 29.5 Å². The average molecular weight is 483 g/mol. The molecule has 3 heterocycles. The number of nitrogens with zero attached hydrogens (tertiary/aromatic N) is 8. The highest BCUT2D eigenvalue weighted by Gasteiger charge is 2.16. The number of rotatable bonds is 8. The van der Waals surface area contributed by atoms with Gasteiger partial charge >= 0.3 is 0 Å². The molecular formula is C23H17N9O4. The number of tetrazole rings is 1. The van der Waals surface area contributed by atoms with E-state index >= 15 is 0 Å². The van der Waals surface area contributed by atoms with Crippen molar-refractivity contribution in [1.82, 2.24) is 35.0 Å². The highest BCUT2D eigenvalue weighted by Crippen LogP contribution is 2.29. The molecule has 5 rings (SSSR count). The van der Waals surface area contributed by atoms with Crippen molar-refractivity contribution >= 4 is 17.3 Å². The molecule has 0 atom stereocenters. The summed E-state index contributed by atoms with van der Waals surface area (Å²) in [5.41, 5.74) is 0.851. The van der Waals surface area contributed by atoms with Crippen molar-refractivity contribution in [3.8, 4) is 22.9 Å². The molecular weight excluding hydrogens is 466 g/mol. The van der Waals surface area contributed by atoms with Gasteiger partial charge in [0.2, 0.25) is 5.82 Å². The number of carbonyl (C=O) groups excluding carboxylic acids is 1. The smallest absolute Gasteiger partial charge is 0.276 e. The highest BCUT2D eigenvalue weighted by atomic mass is 16.6. The van der Waals surface area contributed by atoms with E-state index in [4.69, 9.17) is 4.74 Å². The highest BCUT2D eigenvalue weighted by molar-refractivity contribution is 6.03. The Morgan fingerprint density at radius 1 is 1.03 bits per heavy atom. The predicted molar refractivity (Wildman–Crippen MR) is 126 cm³/mol. The van der Waals surface area contributed by atoms with Gasteiger partial charge in [-0.15, -0.1) is 15.0 Å². The molecule has 178 valence electrons. The van der Waals surface area contributed by atoms with Crippen molar-refractivity contribution in [2.75, 3.05) is 5.32 Å². The largest absolute Gasteiger partial charge is 0.455 e. The molecule has 0 bridgehead atoms. The number of carbonyl (C=O) groups is 1. The summed E-state index contributed by atoms with van der Waals surface area (Å²) in [6.45, 7) is 0.132. The monoisotopic (exact) mass is 483 g/mol.